The topological polar surface area (TPSA) is 74.7 Å². The summed E-state index contributed by atoms with van der Waals surface area (Å²) in [5, 5.41) is 8.47. The Morgan fingerprint density at radius 3 is 2.47 bits per heavy atom. The molecule has 17 heavy (non-hydrogen) atoms. The fourth-order valence-corrected chi connectivity index (χ4v) is 3.49. The lowest BCUT2D eigenvalue weighted by Gasteiger charge is -2.20. The maximum absolute atomic E-state index is 11.8. The number of carbonyl (C=O) groups is 1. The van der Waals surface area contributed by atoms with Crippen molar-refractivity contribution in [1.29, 1.82) is 0 Å². The third-order valence-electron chi connectivity index (χ3n) is 3.26. The zero-order valence-corrected chi connectivity index (χ0v) is 11.1. The van der Waals surface area contributed by atoms with Crippen molar-refractivity contribution in [1.82, 2.24) is 4.31 Å². The van der Waals surface area contributed by atoms with Gasteiger partial charge in [0.05, 0.1) is 5.75 Å². The van der Waals surface area contributed by atoms with Crippen LogP contribution < -0.4 is 0 Å². The summed E-state index contributed by atoms with van der Waals surface area (Å²) in [6.07, 6.45) is 4.70. The molecule has 100 valence electrons. The van der Waals surface area contributed by atoms with Crippen LogP contribution in [0.2, 0.25) is 0 Å². The van der Waals surface area contributed by atoms with E-state index in [4.69, 9.17) is 5.11 Å². The SMILES string of the molecule is CN(CC1CCCC1)S(=O)(=O)CCCC(=O)O. The van der Waals surface area contributed by atoms with E-state index in [2.05, 4.69) is 0 Å². The Balaban J connectivity index is 2.36. The first-order chi connectivity index (χ1) is 7.92. The van der Waals surface area contributed by atoms with Gasteiger partial charge in [0.25, 0.3) is 0 Å². The highest BCUT2D eigenvalue weighted by atomic mass is 32.2. The van der Waals surface area contributed by atoms with Gasteiger partial charge in [-0.2, -0.15) is 0 Å². The van der Waals surface area contributed by atoms with Gasteiger partial charge in [-0.15, -0.1) is 0 Å². The summed E-state index contributed by atoms with van der Waals surface area (Å²) in [6.45, 7) is 0.579. The molecule has 5 nitrogen and oxygen atoms in total. The first kappa shape index (κ1) is 14.4. The maximum atomic E-state index is 11.8. The molecular weight excluding hydrogens is 242 g/mol. The lowest BCUT2D eigenvalue weighted by molar-refractivity contribution is -0.137. The number of carboxylic acid groups (broad SMARTS) is 1. The van der Waals surface area contributed by atoms with E-state index in [1.165, 1.54) is 17.1 Å². The molecule has 1 N–H and O–H groups in total. The van der Waals surface area contributed by atoms with Crippen molar-refractivity contribution in [3.05, 3.63) is 0 Å². The Bertz CT molecular complexity index is 346. The van der Waals surface area contributed by atoms with E-state index in [1.807, 2.05) is 0 Å². The molecule has 0 amide bonds. The van der Waals surface area contributed by atoms with Gasteiger partial charge in [0.1, 0.15) is 0 Å². The van der Waals surface area contributed by atoms with Gasteiger partial charge in [-0.3, -0.25) is 4.79 Å². The highest BCUT2D eigenvalue weighted by molar-refractivity contribution is 7.89. The molecule has 0 aromatic heterocycles. The van der Waals surface area contributed by atoms with E-state index in [-0.39, 0.29) is 18.6 Å². The van der Waals surface area contributed by atoms with Gasteiger partial charge in [0.15, 0.2) is 0 Å². The average Bonchev–Trinajstić information content (AvgIpc) is 2.69. The molecule has 0 spiro atoms. The van der Waals surface area contributed by atoms with Crippen molar-refractivity contribution in [2.24, 2.45) is 5.92 Å². The first-order valence-electron chi connectivity index (χ1n) is 6.07. The number of hydrogen-bond donors (Lipinski definition) is 1. The lowest BCUT2D eigenvalue weighted by atomic mass is 10.1. The Morgan fingerprint density at radius 2 is 1.94 bits per heavy atom. The third-order valence-corrected chi connectivity index (χ3v) is 5.16. The van der Waals surface area contributed by atoms with Gasteiger partial charge in [0.2, 0.25) is 10.0 Å². The van der Waals surface area contributed by atoms with Crippen LogP contribution in [0.15, 0.2) is 0 Å². The van der Waals surface area contributed by atoms with Crippen LogP contribution in [0, 0.1) is 5.92 Å². The lowest BCUT2D eigenvalue weighted by Crippen LogP contribution is -2.33. The van der Waals surface area contributed by atoms with Gasteiger partial charge in [0, 0.05) is 20.0 Å². The summed E-state index contributed by atoms with van der Waals surface area (Å²) < 4.78 is 25.1. The summed E-state index contributed by atoms with van der Waals surface area (Å²) in [5.74, 6) is -0.532. The van der Waals surface area contributed by atoms with Crippen LogP contribution in [0.1, 0.15) is 38.5 Å². The largest absolute Gasteiger partial charge is 0.481 e. The summed E-state index contributed by atoms with van der Waals surface area (Å²) in [7, 11) is -1.68. The predicted octanol–water partition coefficient (Wildman–Crippen LogP) is 1.30. The van der Waals surface area contributed by atoms with Crippen molar-refractivity contribution in [3.63, 3.8) is 0 Å². The van der Waals surface area contributed by atoms with E-state index in [0.717, 1.165) is 12.8 Å². The molecule has 0 radical (unpaired) electrons. The number of aliphatic carboxylic acids is 1. The average molecular weight is 263 g/mol. The molecule has 0 atom stereocenters. The molecule has 1 fully saturated rings. The van der Waals surface area contributed by atoms with E-state index in [9.17, 15) is 13.2 Å². The minimum absolute atomic E-state index is 0.0669. The minimum Gasteiger partial charge on any atom is -0.481 e. The first-order valence-corrected chi connectivity index (χ1v) is 7.68. The minimum atomic E-state index is -3.27. The number of carboxylic acids is 1. The second kappa shape index (κ2) is 6.35. The van der Waals surface area contributed by atoms with E-state index in [1.54, 1.807) is 7.05 Å². The van der Waals surface area contributed by atoms with Gasteiger partial charge in [-0.05, 0) is 25.2 Å². The van der Waals surface area contributed by atoms with Gasteiger partial charge < -0.3 is 5.11 Å². The van der Waals surface area contributed by atoms with E-state index >= 15 is 0 Å². The van der Waals surface area contributed by atoms with Crippen LogP contribution in [-0.4, -0.2) is 43.1 Å². The normalized spacial score (nSPS) is 17.8. The van der Waals surface area contributed by atoms with Crippen molar-refractivity contribution in [2.45, 2.75) is 38.5 Å². The van der Waals surface area contributed by atoms with Crippen LogP contribution in [0.4, 0.5) is 0 Å². The Hall–Kier alpha value is -0.620. The third kappa shape index (κ3) is 5.04. The summed E-state index contributed by atoms with van der Waals surface area (Å²) in [5.41, 5.74) is 0. The molecule has 1 aliphatic rings. The van der Waals surface area contributed by atoms with Gasteiger partial charge >= 0.3 is 5.97 Å². The number of nitrogens with zero attached hydrogens (tertiary/aromatic N) is 1. The van der Waals surface area contributed by atoms with E-state index in [0.29, 0.717) is 12.5 Å². The summed E-state index contributed by atoms with van der Waals surface area (Å²) in [6, 6.07) is 0. The van der Waals surface area contributed by atoms with Crippen molar-refractivity contribution in [3.8, 4) is 0 Å². The fourth-order valence-electron chi connectivity index (χ4n) is 2.23. The van der Waals surface area contributed by atoms with Crippen LogP contribution >= 0.6 is 0 Å². The number of rotatable bonds is 7. The highest BCUT2D eigenvalue weighted by Crippen LogP contribution is 2.25. The molecule has 0 unspecified atom stereocenters. The highest BCUT2D eigenvalue weighted by Gasteiger charge is 2.23. The quantitative estimate of drug-likeness (QED) is 0.751. The van der Waals surface area contributed by atoms with Crippen LogP contribution in [0.3, 0.4) is 0 Å². The molecule has 1 aliphatic carbocycles. The van der Waals surface area contributed by atoms with Crippen LogP contribution in [-0.2, 0) is 14.8 Å². The van der Waals surface area contributed by atoms with Crippen LogP contribution in [0.5, 0.6) is 0 Å². The Morgan fingerprint density at radius 1 is 1.35 bits per heavy atom. The molecule has 0 aromatic rings. The number of sulfonamides is 1. The van der Waals surface area contributed by atoms with Gasteiger partial charge in [-0.1, -0.05) is 12.8 Å². The molecular formula is C11H21NO4S. The summed E-state index contributed by atoms with van der Waals surface area (Å²) in [4.78, 5) is 10.3. The van der Waals surface area contributed by atoms with Gasteiger partial charge in [-0.25, -0.2) is 12.7 Å². The Labute approximate surface area is 103 Å². The predicted molar refractivity (Wildman–Crippen MR) is 65.2 cm³/mol. The summed E-state index contributed by atoms with van der Waals surface area (Å²) >= 11 is 0. The molecule has 1 rings (SSSR count). The fraction of sp³-hybridized carbons (Fsp3) is 0.909. The Kier molecular flexibility index (Phi) is 5.39. The smallest absolute Gasteiger partial charge is 0.303 e. The van der Waals surface area contributed by atoms with Crippen molar-refractivity contribution >= 4 is 16.0 Å². The molecule has 1 saturated carbocycles. The standard InChI is InChI=1S/C11H21NO4S/c1-12(9-10-5-2-3-6-10)17(15,16)8-4-7-11(13)14/h10H,2-9H2,1H3,(H,13,14). The van der Waals surface area contributed by atoms with Crippen LogP contribution in [0.25, 0.3) is 0 Å². The van der Waals surface area contributed by atoms with Crippen molar-refractivity contribution < 1.29 is 18.3 Å². The zero-order chi connectivity index (χ0) is 12.9. The number of hydrogen-bond acceptors (Lipinski definition) is 3. The molecule has 0 saturated heterocycles. The monoisotopic (exact) mass is 263 g/mol. The second-order valence-corrected chi connectivity index (χ2v) is 6.94. The van der Waals surface area contributed by atoms with Crippen molar-refractivity contribution in [2.75, 3.05) is 19.3 Å². The second-order valence-electron chi connectivity index (χ2n) is 4.74. The maximum Gasteiger partial charge on any atom is 0.303 e. The zero-order valence-electron chi connectivity index (χ0n) is 10.3. The molecule has 0 aliphatic heterocycles. The molecule has 0 heterocycles. The molecule has 6 heteroatoms. The van der Waals surface area contributed by atoms with E-state index < -0.39 is 16.0 Å². The molecule has 0 bridgehead atoms. The molecule has 0 aromatic carbocycles.